The van der Waals surface area contributed by atoms with Crippen LogP contribution in [-0.4, -0.2) is 24.5 Å². The second-order valence-corrected chi connectivity index (χ2v) is 8.42. The molecular formula is C22H30ClNO3. The lowest BCUT2D eigenvalue weighted by molar-refractivity contribution is -0.154. The Balaban J connectivity index is 1.56. The van der Waals surface area contributed by atoms with Crippen LogP contribution < -0.4 is 5.32 Å². The zero-order chi connectivity index (χ0) is 19.1. The summed E-state index contributed by atoms with van der Waals surface area (Å²) in [6.45, 7) is -0.190. The van der Waals surface area contributed by atoms with Crippen LogP contribution in [0.2, 0.25) is 5.02 Å². The molecule has 3 rings (SSSR count). The van der Waals surface area contributed by atoms with Crippen molar-refractivity contribution >= 4 is 23.5 Å². The normalized spacial score (nSPS) is 20.5. The molecule has 0 spiro atoms. The van der Waals surface area contributed by atoms with Gasteiger partial charge in [0, 0.05) is 11.1 Å². The van der Waals surface area contributed by atoms with Gasteiger partial charge in [0.2, 0.25) is 0 Å². The number of benzene rings is 1. The van der Waals surface area contributed by atoms with E-state index in [1.165, 1.54) is 19.3 Å². The van der Waals surface area contributed by atoms with Gasteiger partial charge in [0.05, 0.1) is 5.41 Å². The third-order valence-electron chi connectivity index (χ3n) is 6.05. The largest absolute Gasteiger partial charge is 0.455 e. The topological polar surface area (TPSA) is 55.4 Å². The smallest absolute Gasteiger partial charge is 0.317 e. The van der Waals surface area contributed by atoms with Crippen LogP contribution in [0.1, 0.15) is 76.2 Å². The number of ether oxygens (including phenoxy) is 1. The molecule has 2 aliphatic rings. The molecule has 0 aromatic heterocycles. The van der Waals surface area contributed by atoms with Gasteiger partial charge in [0.15, 0.2) is 6.61 Å². The average molecular weight is 392 g/mol. The van der Waals surface area contributed by atoms with Gasteiger partial charge in [0.1, 0.15) is 0 Å². The van der Waals surface area contributed by atoms with Crippen LogP contribution >= 0.6 is 11.6 Å². The highest BCUT2D eigenvalue weighted by Crippen LogP contribution is 2.42. The van der Waals surface area contributed by atoms with Crippen molar-refractivity contribution in [3.05, 3.63) is 34.9 Å². The molecule has 0 atom stereocenters. The van der Waals surface area contributed by atoms with Crippen LogP contribution in [-0.2, 0) is 19.7 Å². The fourth-order valence-corrected chi connectivity index (χ4v) is 4.62. The molecule has 148 valence electrons. The molecule has 0 saturated heterocycles. The molecule has 2 aliphatic carbocycles. The third-order valence-corrected chi connectivity index (χ3v) is 6.30. The van der Waals surface area contributed by atoms with Crippen molar-refractivity contribution in [1.29, 1.82) is 0 Å². The Morgan fingerprint density at radius 2 is 1.56 bits per heavy atom. The Hall–Kier alpha value is -1.55. The minimum absolute atomic E-state index is 0.182. The summed E-state index contributed by atoms with van der Waals surface area (Å²) in [5.41, 5.74) is 0.306. The molecule has 5 heteroatoms. The molecular weight excluding hydrogens is 362 g/mol. The number of rotatable bonds is 5. The van der Waals surface area contributed by atoms with Crippen molar-refractivity contribution in [2.75, 3.05) is 6.61 Å². The van der Waals surface area contributed by atoms with E-state index >= 15 is 0 Å². The number of hydrogen-bond donors (Lipinski definition) is 1. The van der Waals surface area contributed by atoms with Crippen molar-refractivity contribution < 1.29 is 14.3 Å². The number of hydrogen-bond acceptors (Lipinski definition) is 3. The number of nitrogens with one attached hydrogen (secondary N) is 1. The number of amides is 1. The molecule has 2 saturated carbocycles. The van der Waals surface area contributed by atoms with E-state index in [-0.39, 0.29) is 24.5 Å². The number of esters is 1. The van der Waals surface area contributed by atoms with Gasteiger partial charge in [-0.25, -0.2) is 0 Å². The predicted molar refractivity (Wildman–Crippen MR) is 107 cm³/mol. The van der Waals surface area contributed by atoms with E-state index < -0.39 is 5.41 Å². The van der Waals surface area contributed by atoms with Crippen molar-refractivity contribution in [2.45, 2.75) is 82.1 Å². The molecule has 0 radical (unpaired) electrons. The van der Waals surface area contributed by atoms with E-state index in [2.05, 4.69) is 5.32 Å². The molecule has 1 aromatic rings. The molecule has 0 heterocycles. The Morgan fingerprint density at radius 1 is 0.963 bits per heavy atom. The van der Waals surface area contributed by atoms with Crippen LogP contribution in [0.25, 0.3) is 0 Å². The first-order valence-corrected chi connectivity index (χ1v) is 10.7. The van der Waals surface area contributed by atoms with Crippen LogP contribution in [0.4, 0.5) is 0 Å². The minimum Gasteiger partial charge on any atom is -0.455 e. The van der Waals surface area contributed by atoms with E-state index in [1.54, 1.807) is 0 Å². The number of carbonyl (C=O) groups is 2. The van der Waals surface area contributed by atoms with Gasteiger partial charge in [-0.05, 0) is 43.4 Å². The SMILES string of the molecule is O=C(COC(=O)C1(c2ccc(Cl)cc2)CCCC1)NC1CCCCCCC1. The monoisotopic (exact) mass is 391 g/mol. The molecule has 0 aliphatic heterocycles. The maximum absolute atomic E-state index is 12.9. The fraction of sp³-hybridized carbons (Fsp3) is 0.636. The summed E-state index contributed by atoms with van der Waals surface area (Å²) in [5.74, 6) is -0.465. The van der Waals surface area contributed by atoms with E-state index in [0.717, 1.165) is 56.9 Å². The summed E-state index contributed by atoms with van der Waals surface area (Å²) in [4.78, 5) is 25.2. The maximum atomic E-state index is 12.9. The summed E-state index contributed by atoms with van der Waals surface area (Å²) in [5, 5.41) is 3.71. The highest BCUT2D eigenvalue weighted by Gasteiger charge is 2.44. The quantitative estimate of drug-likeness (QED) is 0.724. The molecule has 27 heavy (non-hydrogen) atoms. The average Bonchev–Trinajstić information content (AvgIpc) is 3.13. The summed E-state index contributed by atoms with van der Waals surface area (Å²) >= 11 is 5.99. The summed E-state index contributed by atoms with van der Waals surface area (Å²) in [6.07, 6.45) is 11.6. The number of halogens is 1. The zero-order valence-electron chi connectivity index (χ0n) is 16.0. The van der Waals surface area contributed by atoms with Gasteiger partial charge in [-0.2, -0.15) is 0 Å². The fourth-order valence-electron chi connectivity index (χ4n) is 4.50. The summed E-state index contributed by atoms with van der Waals surface area (Å²) < 4.78 is 5.49. The minimum atomic E-state index is -0.634. The van der Waals surface area contributed by atoms with Crippen LogP contribution in [0.3, 0.4) is 0 Å². The Morgan fingerprint density at radius 3 is 2.19 bits per heavy atom. The Labute approximate surface area is 167 Å². The standard InChI is InChI=1S/C22H30ClNO3/c23-18-12-10-17(11-13-18)22(14-6-7-15-22)21(26)27-16-20(25)24-19-8-4-2-1-3-5-9-19/h10-13,19H,1-9,14-16H2,(H,24,25). The first kappa shape index (κ1) is 20.2. The van der Waals surface area contributed by atoms with Crippen molar-refractivity contribution in [2.24, 2.45) is 0 Å². The van der Waals surface area contributed by atoms with Gasteiger partial charge in [-0.1, -0.05) is 68.7 Å². The lowest BCUT2D eigenvalue weighted by Gasteiger charge is -2.27. The van der Waals surface area contributed by atoms with Crippen LogP contribution in [0.15, 0.2) is 24.3 Å². The van der Waals surface area contributed by atoms with Crippen LogP contribution in [0, 0.1) is 0 Å². The molecule has 0 unspecified atom stereocenters. The first-order valence-electron chi connectivity index (χ1n) is 10.3. The first-order chi connectivity index (χ1) is 13.1. The van der Waals surface area contributed by atoms with Gasteiger partial charge >= 0.3 is 5.97 Å². The molecule has 2 fully saturated rings. The van der Waals surface area contributed by atoms with Gasteiger partial charge in [-0.3, -0.25) is 9.59 Å². The Bertz CT molecular complexity index is 629. The molecule has 4 nitrogen and oxygen atoms in total. The third kappa shape index (κ3) is 5.25. The van der Waals surface area contributed by atoms with Crippen molar-refractivity contribution in [3.8, 4) is 0 Å². The number of carbonyl (C=O) groups excluding carboxylic acids is 2. The molecule has 1 N–H and O–H groups in total. The van der Waals surface area contributed by atoms with E-state index in [4.69, 9.17) is 16.3 Å². The van der Waals surface area contributed by atoms with Gasteiger partial charge in [0.25, 0.3) is 5.91 Å². The second-order valence-electron chi connectivity index (χ2n) is 7.98. The molecule has 0 bridgehead atoms. The summed E-state index contributed by atoms with van der Waals surface area (Å²) in [7, 11) is 0. The van der Waals surface area contributed by atoms with E-state index in [1.807, 2.05) is 24.3 Å². The van der Waals surface area contributed by atoms with E-state index in [9.17, 15) is 9.59 Å². The highest BCUT2D eigenvalue weighted by molar-refractivity contribution is 6.30. The van der Waals surface area contributed by atoms with Gasteiger partial charge < -0.3 is 10.1 Å². The molecule has 1 aromatic carbocycles. The van der Waals surface area contributed by atoms with Gasteiger partial charge in [-0.15, -0.1) is 0 Å². The van der Waals surface area contributed by atoms with Crippen molar-refractivity contribution in [1.82, 2.24) is 5.32 Å². The van der Waals surface area contributed by atoms with Crippen molar-refractivity contribution in [3.63, 3.8) is 0 Å². The maximum Gasteiger partial charge on any atom is 0.317 e. The predicted octanol–water partition coefficient (Wildman–Crippen LogP) is 4.92. The zero-order valence-corrected chi connectivity index (χ0v) is 16.7. The lowest BCUT2D eigenvalue weighted by Crippen LogP contribution is -2.41. The Kier molecular flexibility index (Phi) is 7.17. The van der Waals surface area contributed by atoms with E-state index in [0.29, 0.717) is 5.02 Å². The van der Waals surface area contributed by atoms with Crippen LogP contribution in [0.5, 0.6) is 0 Å². The summed E-state index contributed by atoms with van der Waals surface area (Å²) in [6, 6.07) is 7.65. The lowest BCUT2D eigenvalue weighted by atomic mass is 9.79. The second kappa shape index (κ2) is 9.59. The molecule has 1 amide bonds. The highest BCUT2D eigenvalue weighted by atomic mass is 35.5.